The van der Waals surface area contributed by atoms with Gasteiger partial charge in [0, 0.05) is 34.0 Å². The zero-order valence-corrected chi connectivity index (χ0v) is 34.6. The zero-order chi connectivity index (χ0) is 38.1. The number of fused-ring (bicyclic) bond motifs is 2. The molecule has 0 atom stereocenters. The lowest BCUT2D eigenvalue weighted by Crippen LogP contribution is -2.34. The van der Waals surface area contributed by atoms with Gasteiger partial charge in [-0.2, -0.15) is 0 Å². The predicted molar refractivity (Wildman–Crippen MR) is 230 cm³/mol. The summed E-state index contributed by atoms with van der Waals surface area (Å²) in [6.07, 6.45) is 4.80. The van der Waals surface area contributed by atoms with Crippen LogP contribution in [0.5, 0.6) is 0 Å². The van der Waals surface area contributed by atoms with Crippen LogP contribution in [0.3, 0.4) is 0 Å². The molecule has 0 spiro atoms. The van der Waals surface area contributed by atoms with Crippen molar-refractivity contribution in [3.8, 4) is 11.1 Å². The summed E-state index contributed by atoms with van der Waals surface area (Å²) in [4.78, 5) is 2.52. The largest absolute Gasteiger partial charge is 0.355 e. The summed E-state index contributed by atoms with van der Waals surface area (Å²) in [6, 6.07) is 39.3. The minimum atomic E-state index is 0.0520. The first-order valence-corrected chi connectivity index (χ1v) is 19.9. The molecule has 5 aromatic rings. The van der Waals surface area contributed by atoms with Gasteiger partial charge in [0.25, 0.3) is 0 Å². The van der Waals surface area contributed by atoms with Gasteiger partial charge in [0.15, 0.2) is 0 Å². The lowest BCUT2D eigenvalue weighted by atomic mass is 9.63. The van der Waals surface area contributed by atoms with Crippen molar-refractivity contribution in [3.63, 3.8) is 0 Å². The van der Waals surface area contributed by atoms with Crippen molar-refractivity contribution in [1.82, 2.24) is 0 Å². The average Bonchev–Trinajstić information content (AvgIpc) is 3.09. The second-order valence-corrected chi connectivity index (χ2v) is 19.9. The summed E-state index contributed by atoms with van der Waals surface area (Å²) >= 11 is 0. The highest BCUT2D eigenvalue weighted by Crippen LogP contribution is 2.51. The highest BCUT2D eigenvalue weighted by molar-refractivity contribution is 5.85. The van der Waals surface area contributed by atoms with Crippen molar-refractivity contribution in [3.05, 3.63) is 137 Å². The lowest BCUT2D eigenvalue weighted by Gasteiger charge is -2.43. The molecule has 0 unspecified atom stereocenters. The molecule has 7 rings (SSSR count). The second-order valence-electron chi connectivity index (χ2n) is 19.9. The van der Waals surface area contributed by atoms with E-state index in [1.807, 2.05) is 0 Å². The molecule has 0 amide bonds. The summed E-state index contributed by atoms with van der Waals surface area (Å²) in [6.45, 7) is 28.5. The number of hydrogen-bond donors (Lipinski definition) is 1. The molecule has 0 aliphatic heterocycles. The average molecular weight is 703 g/mol. The van der Waals surface area contributed by atoms with E-state index in [-0.39, 0.29) is 27.1 Å². The number of nitrogens with zero attached hydrogens (tertiary/aromatic N) is 1. The summed E-state index contributed by atoms with van der Waals surface area (Å²) in [5.41, 5.74) is 17.3. The Morgan fingerprint density at radius 2 is 1.02 bits per heavy atom. The van der Waals surface area contributed by atoms with Crippen LogP contribution in [-0.4, -0.2) is 0 Å². The number of nitrogens with one attached hydrogen (secondary N) is 1. The fourth-order valence-electron chi connectivity index (χ4n) is 8.97. The van der Waals surface area contributed by atoms with Crippen LogP contribution in [-0.2, 0) is 27.1 Å². The minimum absolute atomic E-state index is 0.0520. The number of aryl methyl sites for hydroxylation is 1. The van der Waals surface area contributed by atoms with Gasteiger partial charge in [-0.05, 0) is 153 Å². The van der Waals surface area contributed by atoms with Crippen molar-refractivity contribution in [2.75, 3.05) is 10.2 Å². The van der Waals surface area contributed by atoms with E-state index in [0.717, 1.165) is 11.4 Å². The normalized spacial score (nSPS) is 18.1. The highest BCUT2D eigenvalue weighted by atomic mass is 15.1. The fraction of sp³-hybridized carbons (Fsp3) is 0.412. The molecule has 0 radical (unpaired) electrons. The Labute approximate surface area is 321 Å². The Balaban J connectivity index is 1.40. The predicted octanol–water partition coefficient (Wildman–Crippen LogP) is 14.9. The van der Waals surface area contributed by atoms with Crippen LogP contribution in [0.1, 0.15) is 135 Å². The molecule has 2 aliphatic carbocycles. The first-order valence-electron chi connectivity index (χ1n) is 19.9. The highest BCUT2D eigenvalue weighted by Gasteiger charge is 2.39. The number of rotatable bonds is 6. The Hall–Kier alpha value is -4.30. The zero-order valence-electron chi connectivity index (χ0n) is 34.6. The molecule has 2 nitrogen and oxygen atoms in total. The van der Waals surface area contributed by atoms with E-state index in [9.17, 15) is 0 Å². The Morgan fingerprint density at radius 3 is 1.53 bits per heavy atom. The van der Waals surface area contributed by atoms with Gasteiger partial charge < -0.3 is 10.2 Å². The third kappa shape index (κ3) is 7.07. The maximum Gasteiger partial charge on any atom is 0.0484 e. The molecule has 2 heteroatoms. The fourth-order valence-corrected chi connectivity index (χ4v) is 8.97. The first-order chi connectivity index (χ1) is 24.7. The van der Waals surface area contributed by atoms with Crippen molar-refractivity contribution in [1.29, 1.82) is 0 Å². The Bertz CT molecular complexity index is 2080. The van der Waals surface area contributed by atoms with E-state index in [1.165, 1.54) is 87.3 Å². The molecule has 0 bridgehead atoms. The lowest BCUT2D eigenvalue weighted by molar-refractivity contribution is 0.332. The summed E-state index contributed by atoms with van der Waals surface area (Å²) in [5, 5.41) is 3.91. The molecule has 0 saturated carbocycles. The van der Waals surface area contributed by atoms with Crippen LogP contribution < -0.4 is 10.2 Å². The van der Waals surface area contributed by atoms with Crippen molar-refractivity contribution in [2.24, 2.45) is 0 Å². The van der Waals surface area contributed by atoms with Crippen LogP contribution in [0.15, 0.2) is 103 Å². The van der Waals surface area contributed by atoms with Crippen LogP contribution in [0.4, 0.5) is 28.4 Å². The summed E-state index contributed by atoms with van der Waals surface area (Å²) in [7, 11) is 0. The Kier molecular flexibility index (Phi) is 9.03. The maximum absolute atomic E-state index is 3.91. The monoisotopic (exact) mass is 702 g/mol. The number of benzene rings is 5. The van der Waals surface area contributed by atoms with E-state index >= 15 is 0 Å². The topological polar surface area (TPSA) is 15.3 Å². The minimum Gasteiger partial charge on any atom is -0.355 e. The second kappa shape index (κ2) is 12.9. The molecule has 5 aromatic carbocycles. The van der Waals surface area contributed by atoms with Gasteiger partial charge in [-0.25, -0.2) is 0 Å². The summed E-state index contributed by atoms with van der Waals surface area (Å²) < 4.78 is 0. The van der Waals surface area contributed by atoms with Crippen LogP contribution in [0.2, 0.25) is 0 Å². The number of anilines is 5. The van der Waals surface area contributed by atoms with Crippen molar-refractivity contribution in [2.45, 2.75) is 136 Å². The van der Waals surface area contributed by atoms with Crippen molar-refractivity contribution < 1.29 is 0 Å². The standard InChI is InChI=1S/C51H62N2/c1-34-28-37(52-46-23-18-36(47(2,3)4)30-41(46)35-16-14-13-15-17-35)31-40(29-34)53(38-19-21-42-44(32-38)50(9,10)26-24-48(42,5)6)39-20-22-43-45(33-39)51(11,12)27-25-49(43,7)8/h13-23,28-33,52H,24-27H2,1-12H3. The van der Waals surface area contributed by atoms with Gasteiger partial charge in [0.1, 0.15) is 0 Å². The molecule has 53 heavy (non-hydrogen) atoms. The maximum atomic E-state index is 3.91. The van der Waals surface area contributed by atoms with E-state index in [4.69, 9.17) is 0 Å². The van der Waals surface area contributed by atoms with Gasteiger partial charge >= 0.3 is 0 Å². The SMILES string of the molecule is Cc1cc(Nc2ccc(C(C)(C)C)cc2-c2ccccc2)cc(N(c2ccc3c(c2)C(C)(C)CCC3(C)C)c2ccc3c(c2)C(C)(C)CCC3(C)C)c1. The van der Waals surface area contributed by atoms with Crippen LogP contribution in [0.25, 0.3) is 11.1 Å². The first kappa shape index (κ1) is 37.0. The molecule has 1 N–H and O–H groups in total. The van der Waals surface area contributed by atoms with Crippen LogP contribution in [0, 0.1) is 6.92 Å². The van der Waals surface area contributed by atoms with Gasteiger partial charge in [-0.15, -0.1) is 0 Å². The molecular formula is C51H62N2. The third-order valence-electron chi connectivity index (χ3n) is 12.8. The molecule has 276 valence electrons. The van der Waals surface area contributed by atoms with Gasteiger partial charge in [-0.3, -0.25) is 0 Å². The van der Waals surface area contributed by atoms with E-state index < -0.39 is 0 Å². The molecule has 0 aromatic heterocycles. The summed E-state index contributed by atoms with van der Waals surface area (Å²) in [5.74, 6) is 0. The van der Waals surface area contributed by atoms with E-state index in [1.54, 1.807) is 0 Å². The molecule has 2 aliphatic rings. The third-order valence-corrected chi connectivity index (χ3v) is 12.8. The van der Waals surface area contributed by atoms with Crippen molar-refractivity contribution >= 4 is 28.4 Å². The molecule has 0 fully saturated rings. The van der Waals surface area contributed by atoms with Gasteiger partial charge in [-0.1, -0.05) is 125 Å². The van der Waals surface area contributed by atoms with E-state index in [0.29, 0.717) is 0 Å². The van der Waals surface area contributed by atoms with Crippen LogP contribution >= 0.6 is 0 Å². The quantitative estimate of drug-likeness (QED) is 0.189. The van der Waals surface area contributed by atoms with Gasteiger partial charge in [0.05, 0.1) is 0 Å². The number of hydrogen-bond acceptors (Lipinski definition) is 2. The smallest absolute Gasteiger partial charge is 0.0484 e. The Morgan fingerprint density at radius 1 is 0.509 bits per heavy atom. The molecule has 0 heterocycles. The van der Waals surface area contributed by atoms with E-state index in [2.05, 4.69) is 196 Å². The molecule has 0 saturated heterocycles. The van der Waals surface area contributed by atoms with Gasteiger partial charge in [0.2, 0.25) is 0 Å². The molecular weight excluding hydrogens is 641 g/mol.